The van der Waals surface area contributed by atoms with Crippen molar-refractivity contribution >= 4 is 22.5 Å². The molecule has 0 bridgehead atoms. The molecule has 0 saturated heterocycles. The van der Waals surface area contributed by atoms with Gasteiger partial charge in [0.1, 0.15) is 0 Å². The molecule has 1 heteroatoms. The van der Waals surface area contributed by atoms with E-state index in [0.717, 1.165) is 5.92 Å². The minimum absolute atomic E-state index is 0.921. The average Bonchev–Trinajstić information content (AvgIpc) is 1.35. The molecule has 0 heterocycles. The molecule has 0 aliphatic heterocycles. The first-order chi connectivity index (χ1) is 2.77. The van der Waals surface area contributed by atoms with Crippen LogP contribution in [0.5, 0.6) is 0 Å². The predicted molar refractivity (Wildman–Crippen MR) is 30.0 cm³/mol. The van der Waals surface area contributed by atoms with Gasteiger partial charge >= 0.3 is 53.1 Å². The second kappa shape index (κ2) is 3.97. The van der Waals surface area contributed by atoms with Gasteiger partial charge < -0.3 is 0 Å². The van der Waals surface area contributed by atoms with Crippen LogP contribution in [0.3, 0.4) is 0 Å². The van der Waals surface area contributed by atoms with E-state index >= 15 is 0 Å². The van der Waals surface area contributed by atoms with Crippen molar-refractivity contribution in [3.63, 3.8) is 0 Å². The molecular weight excluding hydrogens is 179 g/mol. The molecule has 0 spiro atoms. The van der Waals surface area contributed by atoms with Crippen molar-refractivity contribution < 1.29 is 0 Å². The van der Waals surface area contributed by atoms with Crippen molar-refractivity contribution in [2.45, 2.75) is 24.7 Å². The van der Waals surface area contributed by atoms with E-state index in [1.54, 1.807) is 22.5 Å². The molecule has 0 atom stereocenters. The fraction of sp³-hybridized carbons (Fsp3) is 1.00. The third-order valence-corrected chi connectivity index (χ3v) is 1.55. The van der Waals surface area contributed by atoms with Gasteiger partial charge in [-0.3, -0.25) is 0 Å². The van der Waals surface area contributed by atoms with Gasteiger partial charge in [0.15, 0.2) is 0 Å². The molecule has 0 N–H and O–H groups in total. The Kier molecular flexibility index (Phi) is 4.50. The van der Waals surface area contributed by atoms with E-state index in [9.17, 15) is 0 Å². The zero-order valence-electron chi connectivity index (χ0n) is 4.49. The normalized spacial score (nSPS) is 10.0. The van der Waals surface area contributed by atoms with Crippen LogP contribution in [0.2, 0.25) is 4.44 Å². The monoisotopic (exact) mass is 191 g/mol. The molecule has 0 rings (SSSR count). The minimum atomic E-state index is 0.921. The Bertz CT molecular complexity index is 25.1. The molecular formula is C5H11Sn. The van der Waals surface area contributed by atoms with E-state index < -0.39 is 0 Å². The van der Waals surface area contributed by atoms with E-state index in [-0.39, 0.29) is 0 Å². The van der Waals surface area contributed by atoms with Gasteiger partial charge in [-0.2, -0.15) is 0 Å². The van der Waals surface area contributed by atoms with E-state index in [4.69, 9.17) is 0 Å². The van der Waals surface area contributed by atoms with Gasteiger partial charge in [-0.25, -0.2) is 0 Å². The molecule has 0 aromatic rings. The standard InChI is InChI=1S/C5H11.Sn/c1-4-5(2)3;/h5H,1,4H2,2-3H3;. The van der Waals surface area contributed by atoms with Gasteiger partial charge in [0.2, 0.25) is 0 Å². The first kappa shape index (κ1) is 6.80. The zero-order valence-corrected chi connectivity index (χ0v) is 7.35. The summed E-state index contributed by atoms with van der Waals surface area (Å²) in [4.78, 5) is 0. The van der Waals surface area contributed by atoms with Gasteiger partial charge in [0.05, 0.1) is 0 Å². The maximum absolute atomic E-state index is 2.27. The first-order valence-electron chi connectivity index (χ1n) is 2.42. The van der Waals surface area contributed by atoms with Crippen molar-refractivity contribution in [1.82, 2.24) is 0 Å². The van der Waals surface area contributed by atoms with E-state index in [1.807, 2.05) is 0 Å². The fourth-order valence-electron chi connectivity index (χ4n) is 0.289. The van der Waals surface area contributed by atoms with Gasteiger partial charge in [-0.15, -0.1) is 0 Å². The van der Waals surface area contributed by atoms with Crippen LogP contribution in [0.1, 0.15) is 20.3 Å². The molecule has 0 aliphatic rings. The molecule has 0 aromatic heterocycles. The Morgan fingerprint density at radius 1 is 1.50 bits per heavy atom. The summed E-state index contributed by atoms with van der Waals surface area (Å²) in [5.74, 6) is 0.921. The van der Waals surface area contributed by atoms with Gasteiger partial charge in [0.25, 0.3) is 0 Å². The van der Waals surface area contributed by atoms with Gasteiger partial charge in [-0.1, -0.05) is 0 Å². The van der Waals surface area contributed by atoms with Crippen molar-refractivity contribution in [3.8, 4) is 0 Å². The van der Waals surface area contributed by atoms with Crippen molar-refractivity contribution in [1.29, 1.82) is 0 Å². The summed E-state index contributed by atoms with van der Waals surface area (Å²) in [6.07, 6.45) is 1.42. The van der Waals surface area contributed by atoms with E-state index in [1.165, 1.54) is 10.9 Å². The van der Waals surface area contributed by atoms with Crippen LogP contribution < -0.4 is 0 Å². The molecule has 0 fully saturated rings. The molecule has 0 amide bonds. The molecule has 0 aromatic carbocycles. The molecule has 0 unspecified atom stereocenters. The number of hydrogen-bond donors (Lipinski definition) is 0. The number of rotatable bonds is 2. The molecule has 0 aliphatic carbocycles. The van der Waals surface area contributed by atoms with Gasteiger partial charge in [-0.05, 0) is 0 Å². The van der Waals surface area contributed by atoms with E-state index in [2.05, 4.69) is 13.8 Å². The Labute approximate surface area is 53.4 Å². The molecule has 0 nitrogen and oxygen atoms in total. The van der Waals surface area contributed by atoms with E-state index in [0.29, 0.717) is 0 Å². The average molecular weight is 190 g/mol. The van der Waals surface area contributed by atoms with Crippen LogP contribution in [0.4, 0.5) is 0 Å². The summed E-state index contributed by atoms with van der Waals surface area (Å²) in [5, 5.41) is 0. The van der Waals surface area contributed by atoms with Crippen LogP contribution in [-0.2, 0) is 0 Å². The quantitative estimate of drug-likeness (QED) is 0.580. The van der Waals surface area contributed by atoms with Crippen LogP contribution in [0.25, 0.3) is 0 Å². The van der Waals surface area contributed by atoms with Crippen LogP contribution in [-0.4, -0.2) is 22.5 Å². The second-order valence-electron chi connectivity index (χ2n) is 1.93. The van der Waals surface area contributed by atoms with Crippen molar-refractivity contribution in [2.24, 2.45) is 5.92 Å². The van der Waals surface area contributed by atoms with Gasteiger partial charge in [0, 0.05) is 0 Å². The Balaban J connectivity index is 2.63. The Morgan fingerprint density at radius 3 is 2.00 bits per heavy atom. The topological polar surface area (TPSA) is 0 Å². The summed E-state index contributed by atoms with van der Waals surface area (Å²) in [5.41, 5.74) is 0. The van der Waals surface area contributed by atoms with Crippen LogP contribution >= 0.6 is 0 Å². The number of hydrogen-bond acceptors (Lipinski definition) is 0. The third-order valence-electron chi connectivity index (χ3n) is 0.722. The fourth-order valence-corrected chi connectivity index (χ4v) is 1.94. The summed E-state index contributed by atoms with van der Waals surface area (Å²) in [6.45, 7) is 4.54. The molecule has 35 valence electrons. The molecule has 3 radical (unpaired) electrons. The Hall–Kier alpha value is 0.799. The molecule has 6 heavy (non-hydrogen) atoms. The second-order valence-corrected chi connectivity index (χ2v) is 3.36. The Morgan fingerprint density at radius 2 is 2.00 bits per heavy atom. The summed E-state index contributed by atoms with van der Waals surface area (Å²) in [7, 11) is 0. The maximum atomic E-state index is 2.27. The van der Waals surface area contributed by atoms with Crippen molar-refractivity contribution in [3.05, 3.63) is 0 Å². The van der Waals surface area contributed by atoms with Crippen molar-refractivity contribution in [2.75, 3.05) is 0 Å². The first-order valence-corrected chi connectivity index (χ1v) is 4.43. The zero-order chi connectivity index (χ0) is 4.99. The summed E-state index contributed by atoms with van der Waals surface area (Å²) >= 11 is 1.68. The summed E-state index contributed by atoms with van der Waals surface area (Å²) < 4.78 is 1.42. The van der Waals surface area contributed by atoms with Crippen LogP contribution in [0, 0.1) is 5.92 Å². The van der Waals surface area contributed by atoms with Crippen LogP contribution in [0.15, 0.2) is 0 Å². The molecule has 0 saturated carbocycles. The summed E-state index contributed by atoms with van der Waals surface area (Å²) in [6, 6.07) is 0. The SMILES string of the molecule is CC(C)C[CH2][Sn]. The third kappa shape index (κ3) is 4.80. The predicted octanol–water partition coefficient (Wildman–Crippen LogP) is 1.62.